The minimum absolute atomic E-state index is 0.160. The van der Waals surface area contributed by atoms with E-state index in [2.05, 4.69) is 0 Å². The summed E-state index contributed by atoms with van der Waals surface area (Å²) < 4.78 is 21.9. The minimum atomic E-state index is -4.09. The molecule has 0 aliphatic heterocycles. The summed E-state index contributed by atoms with van der Waals surface area (Å²) in [5.74, 6) is 0. The third-order valence-corrected chi connectivity index (χ3v) is 3.65. The van der Waals surface area contributed by atoms with Gasteiger partial charge in [-0.25, -0.2) is 0 Å². The fourth-order valence-corrected chi connectivity index (χ4v) is 2.58. The fraction of sp³-hybridized carbons (Fsp3) is 1.00. The summed E-state index contributed by atoms with van der Waals surface area (Å²) in [6.07, 6.45) is 3.58. The number of hydrogen-bond acceptors (Lipinski definition) is 4. The van der Waals surface area contributed by atoms with Crippen LogP contribution in [0.5, 0.6) is 0 Å². The summed E-state index contributed by atoms with van der Waals surface area (Å²) in [6.45, 7) is 0.817. The van der Waals surface area contributed by atoms with Crippen LogP contribution in [0.1, 0.15) is 25.7 Å². The molecule has 0 bridgehead atoms. The van der Waals surface area contributed by atoms with Crippen LogP contribution in [0.15, 0.2) is 0 Å². The van der Waals surface area contributed by atoms with E-state index in [0.29, 0.717) is 11.0 Å². The maximum atomic E-state index is 11.4. The summed E-state index contributed by atoms with van der Waals surface area (Å²) >= 11 is 0. The molecular weight excluding hydrogens is 229 g/mol. The number of likely N-dealkylation sites (N-methyl/N-ethyl adjacent to an activating group) is 1. The van der Waals surface area contributed by atoms with Crippen molar-refractivity contribution in [1.29, 1.82) is 0 Å². The van der Waals surface area contributed by atoms with Crippen molar-refractivity contribution in [3.63, 3.8) is 0 Å². The Morgan fingerprint density at radius 1 is 1.31 bits per heavy atom. The Balaban J connectivity index is 2.25. The number of nitrogens with zero attached hydrogens (tertiary/aromatic N) is 1. The van der Waals surface area contributed by atoms with E-state index in [0.717, 1.165) is 25.7 Å². The molecule has 0 aromatic carbocycles. The van der Waals surface area contributed by atoms with Crippen molar-refractivity contribution in [2.45, 2.75) is 31.8 Å². The molecule has 0 aromatic heterocycles. The molecule has 6 heteroatoms. The van der Waals surface area contributed by atoms with Gasteiger partial charge in [0.1, 0.15) is 13.2 Å². The number of rotatable bonds is 6. The lowest BCUT2D eigenvalue weighted by atomic mass is 10.3. The Labute approximate surface area is 97.6 Å². The van der Waals surface area contributed by atoms with Gasteiger partial charge in [0.25, 0.3) is 7.82 Å². The molecule has 1 atom stereocenters. The molecule has 0 spiro atoms. The van der Waals surface area contributed by atoms with E-state index in [-0.39, 0.29) is 12.7 Å². The quantitative estimate of drug-likeness (QED) is 0.524. The first kappa shape index (κ1) is 14.1. The Bertz CT molecular complexity index is 258. The van der Waals surface area contributed by atoms with Crippen molar-refractivity contribution in [3.05, 3.63) is 0 Å². The third-order valence-electron chi connectivity index (χ3n) is 2.59. The average molecular weight is 251 g/mol. The summed E-state index contributed by atoms with van der Waals surface area (Å²) in [5, 5.41) is 0. The van der Waals surface area contributed by atoms with Crippen LogP contribution in [0, 0.1) is 0 Å². The van der Waals surface area contributed by atoms with Crippen LogP contribution in [0.3, 0.4) is 0 Å². The maximum Gasteiger partial charge on any atom is 0.268 e. The largest absolute Gasteiger partial charge is 0.756 e. The lowest BCUT2D eigenvalue weighted by Crippen LogP contribution is -2.37. The average Bonchev–Trinajstić information content (AvgIpc) is 2.52. The van der Waals surface area contributed by atoms with Crippen LogP contribution in [0.2, 0.25) is 0 Å². The van der Waals surface area contributed by atoms with Crippen LogP contribution < -0.4 is 4.89 Å². The molecule has 0 saturated heterocycles. The predicted molar refractivity (Wildman–Crippen MR) is 59.8 cm³/mol. The highest BCUT2D eigenvalue weighted by Crippen LogP contribution is 2.42. The summed E-state index contributed by atoms with van der Waals surface area (Å²) in [6, 6.07) is 0. The molecule has 0 amide bonds. The highest BCUT2D eigenvalue weighted by atomic mass is 31.2. The molecule has 1 aliphatic rings. The van der Waals surface area contributed by atoms with Gasteiger partial charge in [-0.15, -0.1) is 0 Å². The van der Waals surface area contributed by atoms with Crippen molar-refractivity contribution in [3.8, 4) is 0 Å². The van der Waals surface area contributed by atoms with Gasteiger partial charge in [0.05, 0.1) is 27.2 Å². The second-order valence-corrected chi connectivity index (χ2v) is 6.67. The van der Waals surface area contributed by atoms with Crippen molar-refractivity contribution in [2.75, 3.05) is 34.3 Å². The normalized spacial score (nSPS) is 22.2. The summed E-state index contributed by atoms with van der Waals surface area (Å²) in [7, 11) is 1.86. The first-order valence-corrected chi connectivity index (χ1v) is 7.19. The van der Waals surface area contributed by atoms with Crippen molar-refractivity contribution < 1.29 is 23.0 Å². The van der Waals surface area contributed by atoms with Gasteiger partial charge in [0.15, 0.2) is 0 Å². The van der Waals surface area contributed by atoms with E-state index < -0.39 is 7.82 Å². The first-order chi connectivity index (χ1) is 7.29. The highest BCUT2D eigenvalue weighted by molar-refractivity contribution is 7.45. The second kappa shape index (κ2) is 5.61. The van der Waals surface area contributed by atoms with Crippen molar-refractivity contribution in [1.82, 2.24) is 0 Å². The third kappa shape index (κ3) is 5.97. The van der Waals surface area contributed by atoms with Crippen LogP contribution in [0.25, 0.3) is 0 Å². The molecule has 0 N–H and O–H groups in total. The monoisotopic (exact) mass is 251 g/mol. The van der Waals surface area contributed by atoms with Crippen LogP contribution in [0.4, 0.5) is 0 Å². The fourth-order valence-electron chi connectivity index (χ4n) is 1.63. The van der Waals surface area contributed by atoms with E-state index in [4.69, 9.17) is 9.05 Å². The summed E-state index contributed by atoms with van der Waals surface area (Å²) in [4.78, 5) is 11.4. The molecule has 16 heavy (non-hydrogen) atoms. The van der Waals surface area contributed by atoms with E-state index in [1.807, 2.05) is 21.1 Å². The molecule has 96 valence electrons. The van der Waals surface area contributed by atoms with Crippen molar-refractivity contribution in [2.24, 2.45) is 0 Å². The molecule has 5 nitrogen and oxygen atoms in total. The molecule has 0 heterocycles. The van der Waals surface area contributed by atoms with Gasteiger partial charge in [-0.05, 0) is 12.8 Å². The van der Waals surface area contributed by atoms with Crippen LogP contribution in [-0.4, -0.2) is 44.9 Å². The summed E-state index contributed by atoms with van der Waals surface area (Å²) in [5.41, 5.74) is 0. The molecule has 1 fully saturated rings. The molecule has 0 radical (unpaired) electrons. The lowest BCUT2D eigenvalue weighted by Gasteiger charge is -2.28. The number of phosphoric ester groups is 1. The molecule has 1 unspecified atom stereocenters. The molecular formula is C10H22NO4P. The smallest absolute Gasteiger partial charge is 0.268 e. The van der Waals surface area contributed by atoms with Gasteiger partial charge < -0.3 is 18.4 Å². The Hall–Kier alpha value is 0.0700. The van der Waals surface area contributed by atoms with Gasteiger partial charge in [0.2, 0.25) is 0 Å². The zero-order chi connectivity index (χ0) is 12.2. The first-order valence-electron chi connectivity index (χ1n) is 5.73. The Morgan fingerprint density at radius 3 is 2.38 bits per heavy atom. The molecule has 1 aliphatic carbocycles. The van der Waals surface area contributed by atoms with E-state index >= 15 is 0 Å². The molecule has 1 saturated carbocycles. The van der Waals surface area contributed by atoms with Gasteiger partial charge in [0, 0.05) is 0 Å². The van der Waals surface area contributed by atoms with E-state index in [1.165, 1.54) is 0 Å². The number of hydrogen-bond donors (Lipinski definition) is 0. The Morgan fingerprint density at radius 2 is 1.88 bits per heavy atom. The van der Waals surface area contributed by atoms with Gasteiger partial charge in [-0.2, -0.15) is 0 Å². The topological polar surface area (TPSA) is 58.6 Å². The van der Waals surface area contributed by atoms with Crippen LogP contribution >= 0.6 is 7.82 Å². The lowest BCUT2D eigenvalue weighted by molar-refractivity contribution is -0.870. The van der Waals surface area contributed by atoms with E-state index in [9.17, 15) is 9.46 Å². The standard InChI is InChI=1S/C10H22NO4P/c1-11(2,3)8-9-14-16(12,13)15-10-6-4-5-7-10/h10H,4-9H2,1-3H3. The molecule has 0 aromatic rings. The van der Waals surface area contributed by atoms with Crippen molar-refractivity contribution >= 4 is 7.82 Å². The second-order valence-electron chi connectivity index (χ2n) is 5.31. The molecule has 1 rings (SSSR count). The number of phosphoric acid groups is 1. The maximum absolute atomic E-state index is 11.4. The number of quaternary nitrogens is 1. The SMILES string of the molecule is C[N+](C)(C)CCOP(=O)([O-])OC1CCCC1. The van der Waals surface area contributed by atoms with Gasteiger partial charge >= 0.3 is 0 Å². The minimum Gasteiger partial charge on any atom is -0.756 e. The zero-order valence-electron chi connectivity index (χ0n) is 10.3. The predicted octanol–water partition coefficient (Wildman–Crippen LogP) is 1.14. The van der Waals surface area contributed by atoms with E-state index in [1.54, 1.807) is 0 Å². The zero-order valence-corrected chi connectivity index (χ0v) is 11.2. The van der Waals surface area contributed by atoms with Gasteiger partial charge in [-0.3, -0.25) is 4.57 Å². The van der Waals surface area contributed by atoms with Crippen LogP contribution in [-0.2, 0) is 13.6 Å². The Kier molecular flexibility index (Phi) is 4.95. The highest BCUT2D eigenvalue weighted by Gasteiger charge is 2.22. The van der Waals surface area contributed by atoms with Gasteiger partial charge in [-0.1, -0.05) is 12.8 Å².